The van der Waals surface area contributed by atoms with Crippen LogP contribution in [0.4, 0.5) is 5.69 Å². The molecule has 0 unspecified atom stereocenters. The number of halogens is 3. The van der Waals surface area contributed by atoms with Gasteiger partial charge in [0.25, 0.3) is 0 Å². The Balaban J connectivity index is 1.92. The average molecular weight is 591 g/mol. The molecule has 12 heteroatoms. The maximum atomic E-state index is 13.7. The van der Waals surface area contributed by atoms with Crippen molar-refractivity contribution < 1.29 is 22.7 Å². The van der Waals surface area contributed by atoms with Gasteiger partial charge in [-0.05, 0) is 49.6 Å². The van der Waals surface area contributed by atoms with Gasteiger partial charge in [-0.1, -0.05) is 59.8 Å². The van der Waals surface area contributed by atoms with Crippen LogP contribution in [0.25, 0.3) is 0 Å². The van der Waals surface area contributed by atoms with E-state index in [0.717, 1.165) is 41.8 Å². The van der Waals surface area contributed by atoms with Crippen LogP contribution in [0.1, 0.15) is 38.2 Å². The summed E-state index contributed by atoms with van der Waals surface area (Å²) in [4.78, 5) is 28.1. The lowest BCUT2D eigenvalue weighted by Crippen LogP contribution is -2.52. The van der Waals surface area contributed by atoms with Gasteiger partial charge in [-0.2, -0.15) is 0 Å². The smallest absolute Gasteiger partial charge is 0.244 e. The van der Waals surface area contributed by atoms with Gasteiger partial charge in [-0.25, -0.2) is 8.42 Å². The molecule has 3 rings (SSSR count). The summed E-state index contributed by atoms with van der Waals surface area (Å²) in [7, 11) is -2.41. The van der Waals surface area contributed by atoms with Gasteiger partial charge in [0.1, 0.15) is 18.3 Å². The number of nitrogens with one attached hydrogen (secondary N) is 1. The van der Waals surface area contributed by atoms with Crippen molar-refractivity contribution in [3.63, 3.8) is 0 Å². The van der Waals surface area contributed by atoms with Crippen molar-refractivity contribution in [1.29, 1.82) is 0 Å². The molecule has 1 fully saturated rings. The van der Waals surface area contributed by atoms with E-state index in [0.29, 0.717) is 5.75 Å². The van der Waals surface area contributed by atoms with E-state index in [1.165, 1.54) is 17.0 Å². The third kappa shape index (κ3) is 7.66. The molecule has 2 amide bonds. The molecule has 37 heavy (non-hydrogen) atoms. The molecule has 0 heterocycles. The second kappa shape index (κ2) is 12.6. The molecule has 0 aliphatic heterocycles. The van der Waals surface area contributed by atoms with Gasteiger partial charge in [0.2, 0.25) is 21.8 Å². The summed E-state index contributed by atoms with van der Waals surface area (Å²) in [5.41, 5.74) is 0.757. The first kappa shape index (κ1) is 29.4. The van der Waals surface area contributed by atoms with Gasteiger partial charge in [0, 0.05) is 12.6 Å². The van der Waals surface area contributed by atoms with Crippen LogP contribution in [0.5, 0.6) is 5.75 Å². The number of methoxy groups -OCH3 is 1. The molecule has 1 N–H and O–H groups in total. The minimum Gasteiger partial charge on any atom is -0.497 e. The molecule has 1 atom stereocenters. The Labute approximate surface area is 232 Å². The Morgan fingerprint density at radius 1 is 1.05 bits per heavy atom. The highest BCUT2D eigenvalue weighted by atomic mass is 35.5. The van der Waals surface area contributed by atoms with Gasteiger partial charge in [-0.15, -0.1) is 0 Å². The second-order valence-corrected chi connectivity index (χ2v) is 12.2. The number of carbonyl (C=O) groups is 2. The fourth-order valence-electron chi connectivity index (χ4n) is 4.20. The van der Waals surface area contributed by atoms with Crippen molar-refractivity contribution >= 4 is 62.3 Å². The third-order valence-electron chi connectivity index (χ3n) is 6.32. The van der Waals surface area contributed by atoms with Gasteiger partial charge in [0.05, 0.1) is 34.1 Å². The van der Waals surface area contributed by atoms with Crippen LogP contribution in [-0.2, 0) is 26.2 Å². The minimum absolute atomic E-state index is 0.0133. The number of rotatable bonds is 10. The third-order valence-corrected chi connectivity index (χ3v) is 8.47. The van der Waals surface area contributed by atoms with E-state index in [9.17, 15) is 18.0 Å². The molecule has 0 saturated heterocycles. The molecular formula is C25H30Cl3N3O5S. The summed E-state index contributed by atoms with van der Waals surface area (Å²) in [5.74, 6) is -0.240. The van der Waals surface area contributed by atoms with E-state index in [4.69, 9.17) is 39.5 Å². The van der Waals surface area contributed by atoms with Crippen molar-refractivity contribution in [3.8, 4) is 5.75 Å². The molecule has 2 aromatic rings. The van der Waals surface area contributed by atoms with E-state index >= 15 is 0 Å². The highest BCUT2D eigenvalue weighted by molar-refractivity contribution is 7.92. The number of carbonyl (C=O) groups excluding carboxylic acids is 2. The fourth-order valence-corrected chi connectivity index (χ4v) is 5.75. The van der Waals surface area contributed by atoms with Crippen LogP contribution in [-0.4, -0.2) is 57.1 Å². The quantitative estimate of drug-likeness (QED) is 0.397. The number of hydrogen-bond acceptors (Lipinski definition) is 5. The number of benzene rings is 2. The highest BCUT2D eigenvalue weighted by Crippen LogP contribution is 2.35. The van der Waals surface area contributed by atoms with Crippen molar-refractivity contribution in [1.82, 2.24) is 10.2 Å². The number of anilines is 1. The second-order valence-electron chi connectivity index (χ2n) is 9.02. The molecule has 2 aromatic carbocycles. The van der Waals surface area contributed by atoms with Crippen molar-refractivity contribution in [2.24, 2.45) is 0 Å². The molecule has 0 aromatic heterocycles. The summed E-state index contributed by atoms with van der Waals surface area (Å²) >= 11 is 18.4. The lowest BCUT2D eigenvalue weighted by Gasteiger charge is -2.32. The first-order valence-electron chi connectivity index (χ1n) is 11.8. The van der Waals surface area contributed by atoms with E-state index < -0.39 is 28.5 Å². The minimum atomic E-state index is -3.96. The summed E-state index contributed by atoms with van der Waals surface area (Å²) < 4.78 is 31.5. The Kier molecular flexibility index (Phi) is 9.97. The van der Waals surface area contributed by atoms with E-state index in [1.807, 2.05) is 0 Å². The molecule has 1 saturated carbocycles. The van der Waals surface area contributed by atoms with Crippen LogP contribution in [0.2, 0.25) is 15.1 Å². The predicted molar refractivity (Wildman–Crippen MR) is 147 cm³/mol. The van der Waals surface area contributed by atoms with Gasteiger partial charge in [0.15, 0.2) is 0 Å². The summed E-state index contributed by atoms with van der Waals surface area (Å²) in [5, 5.41) is 3.26. The van der Waals surface area contributed by atoms with Crippen LogP contribution in [0.15, 0.2) is 36.4 Å². The standard InChI is InChI=1S/C25H30Cl3N3O5S/c1-16(25(33)29-18-6-4-5-7-18)30(14-17-8-10-19(36-2)11-9-17)24(32)15-31(37(3,34)35)23-13-21(27)20(26)12-22(23)28/h8-13,16,18H,4-7,14-15H2,1-3H3,(H,29,33)/t16-/m1/s1. The zero-order valence-electron chi connectivity index (χ0n) is 20.8. The maximum Gasteiger partial charge on any atom is 0.244 e. The Morgan fingerprint density at radius 3 is 2.22 bits per heavy atom. The fraction of sp³-hybridized carbons (Fsp3) is 0.440. The molecule has 202 valence electrons. The van der Waals surface area contributed by atoms with Crippen molar-refractivity contribution in [3.05, 3.63) is 57.0 Å². The number of hydrogen-bond donors (Lipinski definition) is 1. The first-order valence-corrected chi connectivity index (χ1v) is 14.7. The van der Waals surface area contributed by atoms with Crippen molar-refractivity contribution in [2.75, 3.05) is 24.2 Å². The van der Waals surface area contributed by atoms with E-state index in [-0.39, 0.29) is 39.2 Å². The van der Waals surface area contributed by atoms with Crippen LogP contribution in [0, 0.1) is 0 Å². The molecule has 8 nitrogen and oxygen atoms in total. The largest absolute Gasteiger partial charge is 0.497 e. The number of amides is 2. The molecular weight excluding hydrogens is 561 g/mol. The Hall–Kier alpha value is -2.20. The summed E-state index contributed by atoms with van der Waals surface area (Å²) in [6.07, 6.45) is 4.83. The number of ether oxygens (including phenoxy) is 1. The lowest BCUT2D eigenvalue weighted by atomic mass is 10.1. The van der Waals surface area contributed by atoms with Crippen LogP contribution < -0.4 is 14.4 Å². The highest BCUT2D eigenvalue weighted by Gasteiger charge is 2.32. The predicted octanol–water partition coefficient (Wildman–Crippen LogP) is 4.90. The summed E-state index contributed by atoms with van der Waals surface area (Å²) in [6.45, 7) is 1.12. The van der Waals surface area contributed by atoms with Gasteiger partial charge in [-0.3, -0.25) is 13.9 Å². The Bertz CT molecular complexity index is 1230. The zero-order chi connectivity index (χ0) is 27.3. The average Bonchev–Trinajstić information content (AvgIpc) is 3.35. The SMILES string of the molecule is COc1ccc(CN(C(=O)CN(c2cc(Cl)c(Cl)cc2Cl)S(C)(=O)=O)[C@H](C)C(=O)NC2CCCC2)cc1. The van der Waals surface area contributed by atoms with Gasteiger partial charge >= 0.3 is 0 Å². The monoisotopic (exact) mass is 589 g/mol. The topological polar surface area (TPSA) is 96.0 Å². The number of sulfonamides is 1. The Morgan fingerprint density at radius 2 is 1.65 bits per heavy atom. The van der Waals surface area contributed by atoms with Gasteiger partial charge < -0.3 is 15.0 Å². The van der Waals surface area contributed by atoms with E-state index in [1.54, 1.807) is 38.3 Å². The first-order chi connectivity index (χ1) is 17.4. The van der Waals surface area contributed by atoms with E-state index in [2.05, 4.69) is 5.32 Å². The summed E-state index contributed by atoms with van der Waals surface area (Å²) in [6, 6.07) is 8.88. The molecule has 0 radical (unpaired) electrons. The maximum absolute atomic E-state index is 13.7. The molecule has 0 spiro atoms. The number of nitrogens with zero attached hydrogens (tertiary/aromatic N) is 2. The molecule has 1 aliphatic carbocycles. The van der Waals surface area contributed by atoms with Crippen molar-refractivity contribution in [2.45, 2.75) is 51.2 Å². The zero-order valence-corrected chi connectivity index (χ0v) is 23.9. The van der Waals surface area contributed by atoms with Crippen LogP contribution >= 0.6 is 34.8 Å². The molecule has 1 aliphatic rings. The normalized spacial score (nSPS) is 14.8. The lowest BCUT2D eigenvalue weighted by molar-refractivity contribution is -0.139. The van der Waals surface area contributed by atoms with Crippen LogP contribution in [0.3, 0.4) is 0 Å². The molecule has 0 bridgehead atoms.